The summed E-state index contributed by atoms with van der Waals surface area (Å²) in [5.74, 6) is -0.127. The third kappa shape index (κ3) is 0.898. The zero-order valence-electron chi connectivity index (χ0n) is 7.72. The maximum Gasteiger partial charge on any atom is 0.227 e. The Labute approximate surface area is 72.3 Å². The normalized spacial score (nSPS) is 44.2. The molecule has 0 unspecified atom stereocenters. The minimum atomic E-state index is -0.708. The standard InChI is InChI=1S/C9H14O3/c1-6-9(4)10-5-8(2,3)7(11-6)12-9/h7H,1,5H2,2-4H3/t7-,9-/m0/s1. The highest BCUT2D eigenvalue weighted by atomic mass is 16.8. The van der Waals surface area contributed by atoms with Crippen LogP contribution < -0.4 is 0 Å². The summed E-state index contributed by atoms with van der Waals surface area (Å²) in [7, 11) is 0. The lowest BCUT2D eigenvalue weighted by atomic mass is 9.93. The summed E-state index contributed by atoms with van der Waals surface area (Å²) in [6, 6.07) is 0. The molecule has 2 aliphatic heterocycles. The molecule has 0 aromatic rings. The minimum Gasteiger partial charge on any atom is -0.463 e. The maximum atomic E-state index is 5.57. The van der Waals surface area contributed by atoms with Crippen LogP contribution in [0.2, 0.25) is 0 Å². The molecular formula is C9H14O3. The van der Waals surface area contributed by atoms with Gasteiger partial charge in [0.15, 0.2) is 5.76 Å². The second-order valence-electron chi connectivity index (χ2n) is 4.21. The molecule has 2 bridgehead atoms. The number of hydrogen-bond acceptors (Lipinski definition) is 3. The molecule has 2 rings (SSSR count). The van der Waals surface area contributed by atoms with Crippen LogP contribution in [0.3, 0.4) is 0 Å². The van der Waals surface area contributed by atoms with Crippen molar-refractivity contribution in [3.63, 3.8) is 0 Å². The molecule has 2 saturated heterocycles. The Hall–Kier alpha value is -0.540. The van der Waals surface area contributed by atoms with Gasteiger partial charge in [0.25, 0.3) is 0 Å². The molecule has 0 aliphatic carbocycles. The van der Waals surface area contributed by atoms with Gasteiger partial charge in [0, 0.05) is 0 Å². The van der Waals surface area contributed by atoms with E-state index in [0.29, 0.717) is 12.4 Å². The van der Waals surface area contributed by atoms with E-state index in [0.717, 1.165) is 0 Å². The molecular weight excluding hydrogens is 156 g/mol. The number of ether oxygens (including phenoxy) is 3. The summed E-state index contributed by atoms with van der Waals surface area (Å²) in [4.78, 5) is 0. The molecule has 0 spiro atoms. The predicted octanol–water partition coefficient (Wildman–Crippen LogP) is 1.65. The number of hydrogen-bond donors (Lipinski definition) is 0. The molecule has 2 fully saturated rings. The van der Waals surface area contributed by atoms with Crippen molar-refractivity contribution < 1.29 is 14.2 Å². The zero-order valence-corrected chi connectivity index (χ0v) is 7.72. The second-order valence-corrected chi connectivity index (χ2v) is 4.21. The van der Waals surface area contributed by atoms with Gasteiger partial charge in [-0.15, -0.1) is 0 Å². The summed E-state index contributed by atoms with van der Waals surface area (Å²) in [5, 5.41) is 0. The Morgan fingerprint density at radius 2 is 2.08 bits per heavy atom. The first-order chi connectivity index (χ1) is 5.44. The molecule has 0 saturated carbocycles. The van der Waals surface area contributed by atoms with Crippen molar-refractivity contribution in [2.45, 2.75) is 32.8 Å². The second kappa shape index (κ2) is 2.03. The van der Waals surface area contributed by atoms with Gasteiger partial charge in [-0.1, -0.05) is 20.4 Å². The van der Waals surface area contributed by atoms with Crippen LogP contribution in [0.25, 0.3) is 0 Å². The number of fused-ring (bicyclic) bond motifs is 2. The van der Waals surface area contributed by atoms with Crippen molar-refractivity contribution in [2.75, 3.05) is 6.61 Å². The van der Waals surface area contributed by atoms with Crippen LogP contribution >= 0.6 is 0 Å². The third-order valence-electron chi connectivity index (χ3n) is 2.45. The van der Waals surface area contributed by atoms with Gasteiger partial charge in [-0.3, -0.25) is 0 Å². The molecule has 3 heteroatoms. The summed E-state index contributed by atoms with van der Waals surface area (Å²) in [5.41, 5.74) is -0.0844. The lowest BCUT2D eigenvalue weighted by Crippen LogP contribution is -2.45. The first-order valence-electron chi connectivity index (χ1n) is 4.12. The molecule has 0 aromatic carbocycles. The highest BCUT2D eigenvalue weighted by Crippen LogP contribution is 2.45. The molecule has 2 atom stereocenters. The maximum absolute atomic E-state index is 5.57. The Bertz CT molecular complexity index is 234. The van der Waals surface area contributed by atoms with E-state index in [1.54, 1.807) is 0 Å². The van der Waals surface area contributed by atoms with Crippen LogP contribution in [0.5, 0.6) is 0 Å². The van der Waals surface area contributed by atoms with Gasteiger partial charge in [0.1, 0.15) is 0 Å². The van der Waals surface area contributed by atoms with Crippen molar-refractivity contribution in [3.05, 3.63) is 12.3 Å². The molecule has 0 radical (unpaired) electrons. The smallest absolute Gasteiger partial charge is 0.227 e. The van der Waals surface area contributed by atoms with Crippen LogP contribution in [-0.4, -0.2) is 18.7 Å². The SMILES string of the molecule is C=C1O[C@H]2O[C@]1(C)OCC2(C)C. The van der Waals surface area contributed by atoms with Crippen LogP contribution in [0.15, 0.2) is 12.3 Å². The lowest BCUT2D eigenvalue weighted by Gasteiger charge is -2.36. The van der Waals surface area contributed by atoms with Crippen molar-refractivity contribution in [3.8, 4) is 0 Å². The molecule has 3 nitrogen and oxygen atoms in total. The Balaban J connectivity index is 2.29. The fourth-order valence-electron chi connectivity index (χ4n) is 1.36. The van der Waals surface area contributed by atoms with Crippen LogP contribution in [0.4, 0.5) is 0 Å². The fraction of sp³-hybridized carbons (Fsp3) is 0.778. The summed E-state index contributed by atoms with van der Waals surface area (Å²) >= 11 is 0. The topological polar surface area (TPSA) is 27.7 Å². The highest BCUT2D eigenvalue weighted by Gasteiger charge is 2.54. The minimum absolute atomic E-state index is 0.0844. The summed E-state index contributed by atoms with van der Waals surface area (Å²) in [6.07, 6.45) is -0.205. The largest absolute Gasteiger partial charge is 0.463 e. The Morgan fingerprint density at radius 3 is 2.67 bits per heavy atom. The van der Waals surface area contributed by atoms with Gasteiger partial charge in [-0.05, 0) is 6.92 Å². The van der Waals surface area contributed by atoms with E-state index in [1.165, 1.54) is 0 Å². The van der Waals surface area contributed by atoms with Crippen molar-refractivity contribution >= 4 is 0 Å². The fourth-order valence-corrected chi connectivity index (χ4v) is 1.36. The van der Waals surface area contributed by atoms with Gasteiger partial charge in [0.05, 0.1) is 12.0 Å². The summed E-state index contributed by atoms with van der Waals surface area (Å²) in [6.45, 7) is 10.3. The first kappa shape index (κ1) is 8.08. The van der Waals surface area contributed by atoms with E-state index in [2.05, 4.69) is 20.4 Å². The molecule has 2 heterocycles. The van der Waals surface area contributed by atoms with E-state index >= 15 is 0 Å². The number of rotatable bonds is 0. The van der Waals surface area contributed by atoms with Gasteiger partial charge >= 0.3 is 0 Å². The molecule has 0 aromatic heterocycles. The average Bonchev–Trinajstić information content (AvgIpc) is 2.22. The van der Waals surface area contributed by atoms with Gasteiger partial charge in [-0.25, -0.2) is 0 Å². The predicted molar refractivity (Wildman–Crippen MR) is 43.2 cm³/mol. The Kier molecular flexibility index (Phi) is 1.37. The molecule has 2 aliphatic rings. The molecule has 0 N–H and O–H groups in total. The highest BCUT2D eigenvalue weighted by molar-refractivity contribution is 5.06. The monoisotopic (exact) mass is 170 g/mol. The van der Waals surface area contributed by atoms with Crippen LogP contribution in [0, 0.1) is 5.41 Å². The van der Waals surface area contributed by atoms with Gasteiger partial charge < -0.3 is 14.2 Å². The van der Waals surface area contributed by atoms with Crippen molar-refractivity contribution in [2.24, 2.45) is 5.41 Å². The van der Waals surface area contributed by atoms with Crippen molar-refractivity contribution in [1.29, 1.82) is 0 Å². The molecule has 0 amide bonds. The third-order valence-corrected chi connectivity index (χ3v) is 2.45. The van der Waals surface area contributed by atoms with E-state index in [-0.39, 0.29) is 11.7 Å². The van der Waals surface area contributed by atoms with Crippen LogP contribution in [0.1, 0.15) is 20.8 Å². The van der Waals surface area contributed by atoms with Crippen LogP contribution in [-0.2, 0) is 14.2 Å². The van der Waals surface area contributed by atoms with Gasteiger partial charge in [-0.2, -0.15) is 0 Å². The first-order valence-corrected chi connectivity index (χ1v) is 4.12. The van der Waals surface area contributed by atoms with E-state index in [4.69, 9.17) is 14.2 Å². The van der Waals surface area contributed by atoms with Gasteiger partial charge in [0.2, 0.25) is 12.1 Å². The zero-order chi connectivity index (χ0) is 8.98. The molecule has 68 valence electrons. The average molecular weight is 170 g/mol. The van der Waals surface area contributed by atoms with E-state index in [9.17, 15) is 0 Å². The lowest BCUT2D eigenvalue weighted by molar-refractivity contribution is -0.294. The van der Waals surface area contributed by atoms with E-state index < -0.39 is 5.79 Å². The van der Waals surface area contributed by atoms with Crippen molar-refractivity contribution in [1.82, 2.24) is 0 Å². The Morgan fingerprint density at radius 1 is 1.42 bits per heavy atom. The van der Waals surface area contributed by atoms with E-state index in [1.807, 2.05) is 6.92 Å². The summed E-state index contributed by atoms with van der Waals surface area (Å²) < 4.78 is 16.6. The molecule has 12 heavy (non-hydrogen) atoms. The quantitative estimate of drug-likeness (QED) is 0.553.